The van der Waals surface area contributed by atoms with E-state index >= 15 is 0 Å². The van der Waals surface area contributed by atoms with Crippen molar-refractivity contribution in [3.63, 3.8) is 0 Å². The van der Waals surface area contributed by atoms with Crippen LogP contribution >= 0.6 is 0 Å². The first-order valence-corrected chi connectivity index (χ1v) is 9.72. The average molecular weight is 429 g/mol. The van der Waals surface area contributed by atoms with Crippen LogP contribution in [0.3, 0.4) is 0 Å². The van der Waals surface area contributed by atoms with Crippen LogP contribution in [0.2, 0.25) is 0 Å². The molecule has 0 fully saturated rings. The number of nitrogens with zero attached hydrogens (tertiary/aromatic N) is 5. The molecule has 33 heavy (non-hydrogen) atoms. The summed E-state index contributed by atoms with van der Waals surface area (Å²) >= 11 is 0. The fourth-order valence-electron chi connectivity index (χ4n) is 3.04. The Morgan fingerprint density at radius 3 is 2.00 bits per heavy atom. The Hall–Kier alpha value is -5.39. The van der Waals surface area contributed by atoms with Gasteiger partial charge in [0.1, 0.15) is 17.6 Å². The standard InChI is InChI=1S/C25H15N7O/c26-13-16-1-5-18(6-2-16)19-7-10-22(20(11-19)15-28)33-24-12-23(29)31-25(32-24)30-21-8-3-17(14-27)4-9-21/h1-12H,(H3,29,30,31,32). The molecule has 8 heteroatoms. The smallest absolute Gasteiger partial charge is 0.232 e. The molecule has 8 nitrogen and oxygen atoms in total. The molecule has 0 aliphatic rings. The third-order valence-corrected chi connectivity index (χ3v) is 4.65. The highest BCUT2D eigenvalue weighted by molar-refractivity contribution is 5.68. The minimum absolute atomic E-state index is 0.168. The van der Waals surface area contributed by atoms with Crippen molar-refractivity contribution >= 4 is 17.5 Å². The van der Waals surface area contributed by atoms with Gasteiger partial charge in [0.15, 0.2) is 0 Å². The van der Waals surface area contributed by atoms with Gasteiger partial charge in [0.2, 0.25) is 11.8 Å². The first kappa shape index (κ1) is 20.9. The van der Waals surface area contributed by atoms with E-state index in [2.05, 4.69) is 33.5 Å². The van der Waals surface area contributed by atoms with Gasteiger partial charge in [-0.1, -0.05) is 18.2 Å². The summed E-state index contributed by atoms with van der Waals surface area (Å²) in [4.78, 5) is 8.46. The first-order chi connectivity index (χ1) is 16.1. The molecule has 0 spiro atoms. The monoisotopic (exact) mass is 429 g/mol. The first-order valence-electron chi connectivity index (χ1n) is 9.72. The van der Waals surface area contributed by atoms with Gasteiger partial charge in [-0.05, 0) is 59.7 Å². The van der Waals surface area contributed by atoms with E-state index in [1.165, 1.54) is 6.07 Å². The Balaban J connectivity index is 1.58. The molecule has 4 aromatic rings. The molecule has 1 heterocycles. The second kappa shape index (κ2) is 9.18. The quantitative estimate of drug-likeness (QED) is 0.457. The number of anilines is 3. The van der Waals surface area contributed by atoms with Crippen LogP contribution in [0.15, 0.2) is 72.8 Å². The topological polar surface area (TPSA) is 144 Å². The molecule has 0 unspecified atom stereocenters. The minimum atomic E-state index is 0.168. The number of benzene rings is 3. The number of hydrogen-bond acceptors (Lipinski definition) is 8. The van der Waals surface area contributed by atoms with Crippen molar-refractivity contribution in [2.75, 3.05) is 11.1 Å². The fraction of sp³-hybridized carbons (Fsp3) is 0. The normalized spacial score (nSPS) is 9.85. The lowest BCUT2D eigenvalue weighted by Gasteiger charge is -2.11. The van der Waals surface area contributed by atoms with Crippen LogP contribution < -0.4 is 15.8 Å². The van der Waals surface area contributed by atoms with Crippen molar-refractivity contribution in [2.24, 2.45) is 0 Å². The van der Waals surface area contributed by atoms with E-state index in [0.717, 1.165) is 11.1 Å². The molecule has 1 aromatic heterocycles. The van der Waals surface area contributed by atoms with Crippen LogP contribution in [-0.2, 0) is 0 Å². The summed E-state index contributed by atoms with van der Waals surface area (Å²) in [6, 6.07) is 26.8. The van der Waals surface area contributed by atoms with Gasteiger partial charge in [-0.25, -0.2) is 0 Å². The maximum Gasteiger partial charge on any atom is 0.232 e. The summed E-state index contributed by atoms with van der Waals surface area (Å²) < 4.78 is 5.84. The van der Waals surface area contributed by atoms with Gasteiger partial charge >= 0.3 is 0 Å². The molecule has 0 aliphatic heterocycles. The van der Waals surface area contributed by atoms with E-state index in [4.69, 9.17) is 21.0 Å². The van der Waals surface area contributed by atoms with Crippen LogP contribution in [0.25, 0.3) is 11.1 Å². The average Bonchev–Trinajstić information content (AvgIpc) is 2.84. The summed E-state index contributed by atoms with van der Waals surface area (Å²) in [6.45, 7) is 0. The summed E-state index contributed by atoms with van der Waals surface area (Å²) in [6.07, 6.45) is 0. The maximum atomic E-state index is 9.63. The van der Waals surface area contributed by atoms with Crippen molar-refractivity contribution in [1.29, 1.82) is 15.8 Å². The Kier molecular flexibility index (Phi) is 5.80. The zero-order valence-corrected chi connectivity index (χ0v) is 17.1. The lowest BCUT2D eigenvalue weighted by Crippen LogP contribution is -2.02. The SMILES string of the molecule is N#Cc1ccc(Nc2nc(N)cc(Oc3ccc(-c4ccc(C#N)cc4)cc3C#N)n2)cc1. The van der Waals surface area contributed by atoms with Crippen LogP contribution in [0, 0.1) is 34.0 Å². The highest BCUT2D eigenvalue weighted by Crippen LogP contribution is 2.30. The Morgan fingerprint density at radius 2 is 1.36 bits per heavy atom. The largest absolute Gasteiger partial charge is 0.437 e. The third kappa shape index (κ3) is 4.86. The van der Waals surface area contributed by atoms with E-state index < -0.39 is 0 Å². The van der Waals surface area contributed by atoms with Gasteiger partial charge in [-0.15, -0.1) is 0 Å². The predicted molar refractivity (Wildman–Crippen MR) is 122 cm³/mol. The van der Waals surface area contributed by atoms with Crippen LogP contribution in [0.4, 0.5) is 17.5 Å². The summed E-state index contributed by atoms with van der Waals surface area (Å²) in [5.41, 5.74) is 9.68. The predicted octanol–water partition coefficient (Wildman–Crippen LogP) is 4.88. The summed E-state index contributed by atoms with van der Waals surface area (Å²) in [5, 5.41) is 30.5. The molecular weight excluding hydrogens is 414 g/mol. The van der Waals surface area contributed by atoms with E-state index in [0.29, 0.717) is 28.1 Å². The van der Waals surface area contributed by atoms with Crippen molar-refractivity contribution in [3.8, 4) is 41.0 Å². The molecule has 3 aromatic carbocycles. The van der Waals surface area contributed by atoms with Crippen LogP contribution in [0.5, 0.6) is 11.6 Å². The second-order valence-corrected chi connectivity index (χ2v) is 6.88. The number of hydrogen-bond donors (Lipinski definition) is 2. The number of nitriles is 3. The van der Waals surface area contributed by atoms with Gasteiger partial charge in [0.25, 0.3) is 0 Å². The molecule has 3 N–H and O–H groups in total. The second-order valence-electron chi connectivity index (χ2n) is 6.88. The summed E-state index contributed by atoms with van der Waals surface area (Å²) in [5.74, 6) is 0.879. The van der Waals surface area contributed by atoms with E-state index in [1.54, 1.807) is 48.5 Å². The number of nitrogens with one attached hydrogen (secondary N) is 1. The lowest BCUT2D eigenvalue weighted by molar-refractivity contribution is 0.461. The minimum Gasteiger partial charge on any atom is -0.437 e. The van der Waals surface area contributed by atoms with E-state index in [-0.39, 0.29) is 17.6 Å². The number of rotatable bonds is 5. The molecule has 4 rings (SSSR count). The maximum absolute atomic E-state index is 9.63. The van der Waals surface area contributed by atoms with E-state index in [9.17, 15) is 5.26 Å². The molecule has 0 saturated carbocycles. The Labute approximate surface area is 189 Å². The number of aromatic nitrogens is 2. The van der Waals surface area contributed by atoms with Crippen LogP contribution in [0.1, 0.15) is 16.7 Å². The molecule has 0 aliphatic carbocycles. The van der Waals surface area contributed by atoms with Gasteiger partial charge in [0, 0.05) is 11.8 Å². The fourth-order valence-corrected chi connectivity index (χ4v) is 3.04. The molecule has 0 atom stereocenters. The van der Waals surface area contributed by atoms with Crippen molar-refractivity contribution in [1.82, 2.24) is 9.97 Å². The van der Waals surface area contributed by atoms with Gasteiger partial charge in [-0.2, -0.15) is 25.8 Å². The summed E-state index contributed by atoms with van der Waals surface area (Å²) in [7, 11) is 0. The number of ether oxygens (including phenoxy) is 1. The molecule has 0 radical (unpaired) electrons. The van der Waals surface area contributed by atoms with E-state index in [1.807, 2.05) is 18.2 Å². The number of nitrogens with two attached hydrogens (primary N) is 1. The molecule has 0 amide bonds. The Bertz CT molecular complexity index is 1440. The number of nitrogen functional groups attached to an aromatic ring is 1. The van der Waals surface area contributed by atoms with Crippen LogP contribution in [-0.4, -0.2) is 9.97 Å². The van der Waals surface area contributed by atoms with Gasteiger partial charge in [-0.3, -0.25) is 0 Å². The van der Waals surface area contributed by atoms with Crippen molar-refractivity contribution in [2.45, 2.75) is 0 Å². The molecular formula is C25H15N7O. The molecule has 0 bridgehead atoms. The highest BCUT2D eigenvalue weighted by Gasteiger charge is 2.11. The zero-order chi connectivity index (χ0) is 23.2. The molecule has 0 saturated heterocycles. The highest BCUT2D eigenvalue weighted by atomic mass is 16.5. The third-order valence-electron chi connectivity index (χ3n) is 4.65. The molecule has 156 valence electrons. The van der Waals surface area contributed by atoms with Gasteiger partial charge in [0.05, 0.1) is 28.8 Å². The van der Waals surface area contributed by atoms with Gasteiger partial charge < -0.3 is 15.8 Å². The lowest BCUT2D eigenvalue weighted by atomic mass is 10.0. The van der Waals surface area contributed by atoms with Crippen molar-refractivity contribution < 1.29 is 4.74 Å². The zero-order valence-electron chi connectivity index (χ0n) is 17.1. The van der Waals surface area contributed by atoms with Crippen molar-refractivity contribution in [3.05, 3.63) is 89.5 Å². The Morgan fingerprint density at radius 1 is 0.727 bits per heavy atom.